The van der Waals surface area contributed by atoms with E-state index in [9.17, 15) is 4.39 Å². The number of hydrogen-bond acceptors (Lipinski definition) is 0. The topological polar surface area (TPSA) is 0 Å². The molecule has 0 saturated carbocycles. The molecule has 0 heterocycles. The Morgan fingerprint density at radius 3 is 2.27 bits per heavy atom. The smallest absolute Gasteiger partial charge is 1.00 e. The number of halogens is 3. The molecule has 0 aliphatic heterocycles. The first-order valence-electron chi connectivity index (χ1n) is 2.47. The second kappa shape index (κ2) is 6.11. The van der Waals surface area contributed by atoms with Gasteiger partial charge in [-0.3, -0.25) is 4.39 Å². The second-order valence-corrected chi connectivity index (χ2v) is 2.17. The van der Waals surface area contributed by atoms with Crippen molar-refractivity contribution in [2.24, 2.45) is 0 Å². The largest absolute Gasteiger partial charge is 2.00 e. The molecular formula is C7H5BrClFMg. The number of hydrogen-bond donors (Lipinski definition) is 0. The number of benzene rings is 1. The van der Waals surface area contributed by atoms with E-state index in [2.05, 4.69) is 6.92 Å². The van der Waals surface area contributed by atoms with Crippen LogP contribution in [0.1, 0.15) is 5.56 Å². The fraction of sp³-hybridized carbons (Fsp3) is 0. The van der Waals surface area contributed by atoms with Crippen LogP contribution >= 0.6 is 11.6 Å². The summed E-state index contributed by atoms with van der Waals surface area (Å²) < 4.78 is 12.4. The molecule has 0 unspecified atom stereocenters. The third kappa shape index (κ3) is 4.21. The van der Waals surface area contributed by atoms with Crippen LogP contribution in [0.15, 0.2) is 18.2 Å². The van der Waals surface area contributed by atoms with Crippen molar-refractivity contribution in [3.8, 4) is 0 Å². The summed E-state index contributed by atoms with van der Waals surface area (Å²) in [7, 11) is 0. The molecule has 11 heavy (non-hydrogen) atoms. The van der Waals surface area contributed by atoms with Crippen LogP contribution in [0.4, 0.5) is 4.39 Å². The summed E-state index contributed by atoms with van der Waals surface area (Å²) in [6, 6.07) is 4.38. The molecule has 0 aromatic heterocycles. The average Bonchev–Trinajstić information content (AvgIpc) is 1.80. The Bertz CT molecular complexity index is 230. The van der Waals surface area contributed by atoms with Crippen LogP contribution < -0.4 is 17.0 Å². The summed E-state index contributed by atoms with van der Waals surface area (Å²) in [5.74, 6) is -0.359. The molecule has 56 valence electrons. The van der Waals surface area contributed by atoms with Gasteiger partial charge < -0.3 is 17.0 Å². The van der Waals surface area contributed by atoms with Crippen LogP contribution in [0.25, 0.3) is 0 Å². The van der Waals surface area contributed by atoms with E-state index in [4.69, 9.17) is 11.6 Å². The summed E-state index contributed by atoms with van der Waals surface area (Å²) in [4.78, 5) is 0. The normalized spacial score (nSPS) is 7.82. The molecule has 0 fully saturated rings. The third-order valence-corrected chi connectivity index (χ3v) is 1.25. The Morgan fingerprint density at radius 2 is 1.91 bits per heavy atom. The van der Waals surface area contributed by atoms with Gasteiger partial charge in [-0.05, 0) is 0 Å². The van der Waals surface area contributed by atoms with Crippen molar-refractivity contribution >= 4 is 34.7 Å². The van der Waals surface area contributed by atoms with E-state index >= 15 is 0 Å². The summed E-state index contributed by atoms with van der Waals surface area (Å²) in [5.41, 5.74) is 0.374. The van der Waals surface area contributed by atoms with E-state index in [0.717, 1.165) is 0 Å². The van der Waals surface area contributed by atoms with E-state index in [1.54, 1.807) is 6.07 Å². The zero-order valence-corrected chi connectivity index (χ0v) is 9.54. The standard InChI is InChI=1S/C7H5ClF.BrH.Mg/c1-5-2-3-6(8)4-7(5)9;;/h2-4H,1H2;1H;/q-1;;+2/p-1. The molecule has 1 aromatic carbocycles. The van der Waals surface area contributed by atoms with Crippen molar-refractivity contribution < 1.29 is 21.4 Å². The molecule has 4 heteroatoms. The first-order chi connectivity index (χ1) is 4.20. The fourth-order valence-corrected chi connectivity index (χ4v) is 0.680. The first-order valence-corrected chi connectivity index (χ1v) is 2.85. The van der Waals surface area contributed by atoms with Gasteiger partial charge in [0.1, 0.15) is 0 Å². The Balaban J connectivity index is 0. The molecule has 1 rings (SSSR count). The Morgan fingerprint density at radius 1 is 1.36 bits per heavy atom. The summed E-state index contributed by atoms with van der Waals surface area (Å²) in [6.45, 7) is 3.43. The van der Waals surface area contributed by atoms with E-state index in [-0.39, 0.29) is 45.9 Å². The fourth-order valence-electron chi connectivity index (χ4n) is 0.522. The minimum Gasteiger partial charge on any atom is -1.00 e. The van der Waals surface area contributed by atoms with Crippen LogP contribution in [-0.2, 0) is 0 Å². The van der Waals surface area contributed by atoms with Crippen molar-refractivity contribution in [3.63, 3.8) is 0 Å². The van der Waals surface area contributed by atoms with E-state index in [0.29, 0.717) is 10.6 Å². The van der Waals surface area contributed by atoms with Gasteiger partial charge in [0, 0.05) is 10.8 Å². The van der Waals surface area contributed by atoms with Crippen LogP contribution in [0.5, 0.6) is 0 Å². The molecule has 0 aliphatic rings. The van der Waals surface area contributed by atoms with Crippen LogP contribution in [0.3, 0.4) is 0 Å². The maximum absolute atomic E-state index is 12.4. The predicted octanol–water partition coefficient (Wildman–Crippen LogP) is -0.716. The Kier molecular flexibility index (Phi) is 7.84. The van der Waals surface area contributed by atoms with E-state index in [1.165, 1.54) is 12.1 Å². The minimum absolute atomic E-state index is 0. The van der Waals surface area contributed by atoms with Crippen molar-refractivity contribution in [1.29, 1.82) is 0 Å². The van der Waals surface area contributed by atoms with Gasteiger partial charge in [-0.2, -0.15) is 18.6 Å². The molecule has 0 amide bonds. The van der Waals surface area contributed by atoms with Crippen molar-refractivity contribution in [1.82, 2.24) is 0 Å². The maximum atomic E-state index is 12.4. The quantitative estimate of drug-likeness (QED) is 0.420. The van der Waals surface area contributed by atoms with Crippen LogP contribution in [0.2, 0.25) is 5.02 Å². The molecule has 0 saturated heterocycles. The molecule has 0 bridgehead atoms. The van der Waals surface area contributed by atoms with E-state index in [1.807, 2.05) is 0 Å². The van der Waals surface area contributed by atoms with Crippen molar-refractivity contribution in [3.05, 3.63) is 41.5 Å². The second-order valence-electron chi connectivity index (χ2n) is 1.74. The molecule has 0 spiro atoms. The Hall–Kier alpha value is 0.556. The zero-order valence-electron chi connectivity index (χ0n) is 5.78. The summed E-state index contributed by atoms with van der Waals surface area (Å²) in [6.07, 6.45) is 0. The van der Waals surface area contributed by atoms with Crippen LogP contribution in [-0.4, -0.2) is 23.1 Å². The van der Waals surface area contributed by atoms with Crippen molar-refractivity contribution in [2.75, 3.05) is 0 Å². The molecule has 0 atom stereocenters. The number of rotatable bonds is 0. The predicted molar refractivity (Wildman–Crippen MR) is 41.6 cm³/mol. The molecule has 0 N–H and O–H groups in total. The summed E-state index contributed by atoms with van der Waals surface area (Å²) >= 11 is 5.45. The van der Waals surface area contributed by atoms with Gasteiger partial charge in [0.05, 0.1) is 0 Å². The Labute approximate surface area is 97.0 Å². The van der Waals surface area contributed by atoms with Gasteiger partial charge in [-0.15, -0.1) is 0 Å². The van der Waals surface area contributed by atoms with Gasteiger partial charge in [-0.25, -0.2) is 0 Å². The van der Waals surface area contributed by atoms with Crippen molar-refractivity contribution in [2.45, 2.75) is 0 Å². The minimum atomic E-state index is -0.359. The monoisotopic (exact) mass is 246 g/mol. The van der Waals surface area contributed by atoms with E-state index < -0.39 is 0 Å². The maximum Gasteiger partial charge on any atom is 2.00 e. The van der Waals surface area contributed by atoms with Gasteiger partial charge in [-0.1, -0.05) is 23.7 Å². The molecule has 0 radical (unpaired) electrons. The zero-order chi connectivity index (χ0) is 6.85. The van der Waals surface area contributed by atoms with Gasteiger partial charge >= 0.3 is 23.1 Å². The third-order valence-electron chi connectivity index (χ3n) is 1.02. The molecule has 1 aromatic rings. The van der Waals surface area contributed by atoms with Gasteiger partial charge in [0.25, 0.3) is 0 Å². The SMILES string of the molecule is [Br-].[CH2-]c1ccc(Cl)cc1F.[Mg+2]. The average molecular weight is 248 g/mol. The molecule has 0 aliphatic carbocycles. The molecule has 0 nitrogen and oxygen atoms in total. The van der Waals surface area contributed by atoms with Crippen LogP contribution in [0, 0.1) is 12.7 Å². The van der Waals surface area contributed by atoms with Gasteiger partial charge in [0.15, 0.2) is 0 Å². The molecular weight excluding hydrogens is 243 g/mol. The van der Waals surface area contributed by atoms with Gasteiger partial charge in [0.2, 0.25) is 0 Å². The first kappa shape index (κ1) is 14.1. The summed E-state index contributed by atoms with van der Waals surface area (Å²) in [5, 5.41) is 0.403.